The fraction of sp³-hybridized carbons (Fsp3) is 0.308. The van der Waals surface area contributed by atoms with E-state index >= 15 is 0 Å². The second-order valence-corrected chi connectivity index (χ2v) is 3.27. The molecule has 0 fully saturated rings. The van der Waals surface area contributed by atoms with Crippen LogP contribution in [0.4, 0.5) is 0 Å². The zero-order valence-electron chi connectivity index (χ0n) is 10.8. The summed E-state index contributed by atoms with van der Waals surface area (Å²) in [6, 6.07) is 0. The normalized spacial score (nSPS) is 4.89. The van der Waals surface area contributed by atoms with E-state index in [4.69, 9.17) is 23.3 Å². The maximum absolute atomic E-state index is 7.50. The Balaban J connectivity index is -0.0000000356. The second-order valence-electron chi connectivity index (χ2n) is 1.63. The number of hydrogen-bond acceptors (Lipinski definition) is 1. The molecule has 0 aliphatic rings. The Bertz CT molecular complexity index is 216. The van der Waals surface area contributed by atoms with Gasteiger partial charge in [-0.25, -0.2) is 0 Å². The van der Waals surface area contributed by atoms with Crippen molar-refractivity contribution in [2.24, 2.45) is 0 Å². The summed E-state index contributed by atoms with van der Waals surface area (Å²) in [7, 11) is 0. The number of hydrogen-bond donors (Lipinski definition) is 0. The van der Waals surface area contributed by atoms with Crippen molar-refractivity contribution >= 4 is 4.08 Å². The van der Waals surface area contributed by atoms with Crippen LogP contribution in [0, 0.1) is 26.6 Å². The van der Waals surface area contributed by atoms with Crippen LogP contribution in [-0.4, -0.2) is 10.7 Å². The Morgan fingerprint density at radius 2 is 1.37 bits per heavy atom. The van der Waals surface area contributed by atoms with E-state index in [-0.39, 0.29) is 0 Å². The van der Waals surface area contributed by atoms with E-state index in [2.05, 4.69) is 46.3 Å². The van der Waals surface area contributed by atoms with E-state index in [1.165, 1.54) is 23.4 Å². The molecule has 6 heteroatoms. The van der Waals surface area contributed by atoms with Crippen LogP contribution in [-0.2, 0) is 42.7 Å². The monoisotopic (exact) mass is 436 g/mol. The van der Waals surface area contributed by atoms with E-state index in [1.807, 2.05) is 13.0 Å². The van der Waals surface area contributed by atoms with Crippen molar-refractivity contribution in [1.29, 1.82) is 0 Å². The van der Waals surface area contributed by atoms with Gasteiger partial charge in [-0.2, -0.15) is 0 Å². The van der Waals surface area contributed by atoms with Crippen molar-refractivity contribution in [3.63, 3.8) is 0 Å². The summed E-state index contributed by atoms with van der Waals surface area (Å²) in [4.78, 5) is 0. The molecule has 5 nitrogen and oxygen atoms in total. The molecule has 0 bridgehead atoms. The first-order chi connectivity index (χ1) is 9.31. The SMILES string of the molecule is C=C.C=CCC[C](=[W])OCC.[C-]#[O+].[C-]#[O+].[C-]#[O+].[C-]#[O+]. The van der Waals surface area contributed by atoms with Gasteiger partial charge in [-0.1, -0.05) is 0 Å². The first-order valence-corrected chi connectivity index (χ1v) is 5.86. The fourth-order valence-electron chi connectivity index (χ4n) is 0.453. The average molecular weight is 436 g/mol. The molecule has 0 aromatic heterocycles. The van der Waals surface area contributed by atoms with Crippen LogP contribution in [0.1, 0.15) is 19.8 Å². The first-order valence-electron chi connectivity index (χ1n) is 4.39. The van der Waals surface area contributed by atoms with E-state index in [0.29, 0.717) is 0 Å². The van der Waals surface area contributed by atoms with Crippen LogP contribution in [0.2, 0.25) is 0 Å². The van der Waals surface area contributed by atoms with Crippen LogP contribution in [0.5, 0.6) is 0 Å². The van der Waals surface area contributed by atoms with Gasteiger partial charge in [-0.3, -0.25) is 0 Å². The quantitative estimate of drug-likeness (QED) is 0.370. The second kappa shape index (κ2) is 89.2. The standard InChI is InChI=1S/C7H12O.C2H4.4CO.W/c1-3-5-6-7-8-4-2;5*1-2;/h3H,1,4-6H2,2H3;1-2H2;;;;;. The van der Waals surface area contributed by atoms with Crippen molar-refractivity contribution in [2.75, 3.05) is 6.61 Å². The summed E-state index contributed by atoms with van der Waals surface area (Å²) in [5.41, 5.74) is 0. The van der Waals surface area contributed by atoms with Crippen LogP contribution in [0.25, 0.3) is 0 Å². The summed E-state index contributed by atoms with van der Waals surface area (Å²) in [5.74, 6) is 0. The first kappa shape index (κ1) is 36.1. The molecule has 0 radical (unpaired) electrons. The summed E-state index contributed by atoms with van der Waals surface area (Å²) < 4.78 is 36.4. The van der Waals surface area contributed by atoms with Crippen molar-refractivity contribution < 1.29 is 42.7 Å². The van der Waals surface area contributed by atoms with Crippen LogP contribution < -0.4 is 0 Å². The number of ether oxygens (including phenoxy) is 1. The van der Waals surface area contributed by atoms with E-state index < -0.39 is 0 Å². The van der Waals surface area contributed by atoms with Crippen LogP contribution in [0.15, 0.2) is 25.8 Å². The van der Waals surface area contributed by atoms with E-state index in [0.717, 1.165) is 19.4 Å². The predicted molar refractivity (Wildman–Crippen MR) is 63.0 cm³/mol. The van der Waals surface area contributed by atoms with Gasteiger partial charge in [0.1, 0.15) is 0 Å². The van der Waals surface area contributed by atoms with E-state index in [1.54, 1.807) is 0 Å². The van der Waals surface area contributed by atoms with Gasteiger partial charge in [0.2, 0.25) is 0 Å². The van der Waals surface area contributed by atoms with Crippen LogP contribution in [0.3, 0.4) is 0 Å². The molecular weight excluding hydrogens is 420 g/mol. The Labute approximate surface area is 126 Å². The third-order valence-electron chi connectivity index (χ3n) is 0.858. The molecule has 0 spiro atoms. The van der Waals surface area contributed by atoms with Gasteiger partial charge in [0, 0.05) is 0 Å². The zero-order chi connectivity index (χ0) is 17.1. The Morgan fingerprint density at radius 3 is 1.58 bits per heavy atom. The van der Waals surface area contributed by atoms with Crippen molar-refractivity contribution in [3.8, 4) is 0 Å². The Morgan fingerprint density at radius 1 is 1.05 bits per heavy atom. The van der Waals surface area contributed by atoms with Gasteiger partial charge in [0.05, 0.1) is 0 Å². The topological polar surface area (TPSA) is 88.8 Å². The van der Waals surface area contributed by atoms with Gasteiger partial charge >= 0.3 is 112 Å². The van der Waals surface area contributed by atoms with Gasteiger partial charge in [-0.15, -0.1) is 13.2 Å². The molecule has 0 saturated heterocycles. The molecule has 0 aromatic carbocycles. The molecule has 0 N–H and O–H groups in total. The average Bonchev–Trinajstić information content (AvgIpc) is 2.55. The minimum atomic E-state index is 0.802. The number of allylic oxidation sites excluding steroid dienone is 1. The van der Waals surface area contributed by atoms with Crippen molar-refractivity contribution in [2.45, 2.75) is 19.8 Å². The molecule has 0 aliphatic carbocycles. The zero-order valence-corrected chi connectivity index (χ0v) is 13.7. The number of rotatable bonds is 5. The third-order valence-corrected chi connectivity index (χ3v) is 2.01. The summed E-state index contributed by atoms with van der Waals surface area (Å²) in [5, 5.41) is 0. The molecule has 0 amide bonds. The molecule has 104 valence electrons. The Kier molecular flexibility index (Phi) is 170. The molecule has 0 atom stereocenters. The molecule has 0 rings (SSSR count). The van der Waals surface area contributed by atoms with E-state index in [9.17, 15) is 0 Å². The molecule has 0 aliphatic heterocycles. The fourth-order valence-corrected chi connectivity index (χ4v) is 1.30. The minimum absolute atomic E-state index is 0.802. The van der Waals surface area contributed by atoms with Gasteiger partial charge < -0.3 is 0 Å². The molecule has 0 heterocycles. The Hall–Kier alpha value is -1.04. The van der Waals surface area contributed by atoms with Gasteiger partial charge in [0.15, 0.2) is 0 Å². The predicted octanol–water partition coefficient (Wildman–Crippen LogP) is 2.32. The molecular formula is C13H16O5W. The maximum atomic E-state index is 7.50. The summed E-state index contributed by atoms with van der Waals surface area (Å²) in [6.07, 6.45) is 4.01. The van der Waals surface area contributed by atoms with Crippen molar-refractivity contribution in [1.82, 2.24) is 0 Å². The summed E-state index contributed by atoms with van der Waals surface area (Å²) in [6.45, 7) is 30.4. The van der Waals surface area contributed by atoms with Crippen LogP contribution >= 0.6 is 0 Å². The summed E-state index contributed by atoms with van der Waals surface area (Å²) >= 11 is 1.44. The molecule has 19 heavy (non-hydrogen) atoms. The van der Waals surface area contributed by atoms with Crippen molar-refractivity contribution in [3.05, 3.63) is 52.4 Å². The molecule has 0 saturated carbocycles. The van der Waals surface area contributed by atoms with Gasteiger partial charge in [-0.05, 0) is 0 Å². The molecule has 0 unspecified atom stereocenters. The molecule has 0 aromatic rings. The van der Waals surface area contributed by atoms with Gasteiger partial charge in [0.25, 0.3) is 0 Å². The third kappa shape index (κ3) is 107.